The minimum absolute atomic E-state index is 0.115. The van der Waals surface area contributed by atoms with E-state index < -0.39 is 41.8 Å². The summed E-state index contributed by atoms with van der Waals surface area (Å²) in [6, 6.07) is 0.0356. The van der Waals surface area contributed by atoms with Crippen LogP contribution in [0, 0.1) is 5.82 Å². The van der Waals surface area contributed by atoms with Crippen LogP contribution in [-0.2, 0) is 6.61 Å². The van der Waals surface area contributed by atoms with Crippen molar-refractivity contribution in [3.8, 4) is 5.75 Å². The Morgan fingerprint density at radius 2 is 2.05 bits per heavy atom. The zero-order valence-corrected chi connectivity index (χ0v) is 9.74. The molecule has 0 heterocycles. The molecule has 6 N–H and O–H groups in total. The fraction of sp³-hybridized carbons (Fsp3) is 0.222. The van der Waals surface area contributed by atoms with Crippen molar-refractivity contribution in [1.29, 1.82) is 0 Å². The zero-order chi connectivity index (χ0) is 15.5. The number of nitrogens with two attached hydrogens (primary N) is 2. The van der Waals surface area contributed by atoms with Gasteiger partial charge in [0, 0.05) is 5.56 Å². The van der Waals surface area contributed by atoms with Crippen LogP contribution < -0.4 is 26.9 Å². The number of amides is 2. The number of aliphatic hydroxyl groups excluding tert-OH is 1. The summed E-state index contributed by atoms with van der Waals surface area (Å²) in [6.07, 6.45) is -5.06. The number of anilines is 1. The van der Waals surface area contributed by atoms with Gasteiger partial charge in [0.05, 0.1) is 6.61 Å². The van der Waals surface area contributed by atoms with Crippen LogP contribution in [0.3, 0.4) is 0 Å². The third kappa shape index (κ3) is 3.46. The maximum atomic E-state index is 13.6. The van der Waals surface area contributed by atoms with Gasteiger partial charge in [-0.15, -0.1) is 13.2 Å². The van der Waals surface area contributed by atoms with Crippen LogP contribution in [0.25, 0.3) is 0 Å². The molecule has 0 aliphatic rings. The van der Waals surface area contributed by atoms with E-state index in [1.165, 1.54) is 0 Å². The lowest BCUT2D eigenvalue weighted by atomic mass is 10.1. The zero-order valence-electron chi connectivity index (χ0n) is 9.74. The van der Waals surface area contributed by atoms with Gasteiger partial charge in [-0.2, -0.15) is 0 Å². The first-order valence-electron chi connectivity index (χ1n) is 4.94. The fourth-order valence-electron chi connectivity index (χ4n) is 1.39. The summed E-state index contributed by atoms with van der Waals surface area (Å²) in [5.74, 6) is 7.95. The molecule has 0 radical (unpaired) electrons. The van der Waals surface area contributed by atoms with E-state index in [1.54, 1.807) is 5.43 Å². The second-order valence-electron chi connectivity index (χ2n) is 3.40. The molecule has 0 saturated heterocycles. The number of urea groups is 1. The Kier molecular flexibility index (Phi) is 4.70. The molecule has 11 heteroatoms. The van der Waals surface area contributed by atoms with Gasteiger partial charge in [-0.1, -0.05) is 0 Å². The van der Waals surface area contributed by atoms with Gasteiger partial charge in [-0.05, 0) is 12.1 Å². The minimum Gasteiger partial charge on any atom is -0.405 e. The third-order valence-electron chi connectivity index (χ3n) is 2.16. The van der Waals surface area contributed by atoms with Crippen molar-refractivity contribution in [2.45, 2.75) is 13.0 Å². The molecule has 1 aromatic rings. The van der Waals surface area contributed by atoms with Gasteiger partial charge < -0.3 is 9.84 Å². The van der Waals surface area contributed by atoms with Gasteiger partial charge in [-0.3, -0.25) is 5.43 Å². The predicted molar refractivity (Wildman–Crippen MR) is 58.4 cm³/mol. The molecule has 20 heavy (non-hydrogen) atoms. The normalized spacial score (nSPS) is 11.2. The highest BCUT2D eigenvalue weighted by molar-refractivity contribution is 5.91. The number of carbonyl (C=O) groups excluding carboxylic acids is 1. The van der Waals surface area contributed by atoms with E-state index in [9.17, 15) is 22.4 Å². The molecule has 0 bridgehead atoms. The van der Waals surface area contributed by atoms with E-state index in [0.29, 0.717) is 12.1 Å². The third-order valence-corrected chi connectivity index (χ3v) is 2.16. The first kappa shape index (κ1) is 15.9. The molecule has 1 rings (SSSR count). The quantitative estimate of drug-likeness (QED) is 0.280. The van der Waals surface area contributed by atoms with Gasteiger partial charge in [0.25, 0.3) is 0 Å². The van der Waals surface area contributed by atoms with Crippen LogP contribution in [0.15, 0.2) is 12.1 Å². The lowest BCUT2D eigenvalue weighted by molar-refractivity contribution is -0.275. The molecule has 0 aliphatic heterocycles. The lowest BCUT2D eigenvalue weighted by Crippen LogP contribution is -2.48. The molecule has 112 valence electrons. The van der Waals surface area contributed by atoms with Crippen molar-refractivity contribution >= 4 is 11.7 Å². The Hall–Kier alpha value is -2.11. The number of halogens is 4. The van der Waals surface area contributed by atoms with Crippen molar-refractivity contribution in [3.05, 3.63) is 23.5 Å². The molecule has 0 spiro atoms. The summed E-state index contributed by atoms with van der Waals surface area (Å²) < 4.78 is 53.7. The maximum absolute atomic E-state index is 13.6. The number of alkyl halides is 3. The average Bonchev–Trinajstić information content (AvgIpc) is 2.37. The van der Waals surface area contributed by atoms with Crippen LogP contribution in [0.1, 0.15) is 5.56 Å². The van der Waals surface area contributed by atoms with Gasteiger partial charge in [0.2, 0.25) is 0 Å². The molecule has 0 fully saturated rings. The average molecular weight is 298 g/mol. The number of ether oxygens (including phenoxy) is 1. The van der Waals surface area contributed by atoms with Crippen molar-refractivity contribution in [2.24, 2.45) is 11.7 Å². The fourth-order valence-corrected chi connectivity index (χ4v) is 1.39. The van der Waals surface area contributed by atoms with Crippen molar-refractivity contribution in [2.75, 3.05) is 5.01 Å². The highest BCUT2D eigenvalue weighted by atomic mass is 19.4. The van der Waals surface area contributed by atoms with Crippen molar-refractivity contribution < 1.29 is 32.2 Å². The summed E-state index contributed by atoms with van der Waals surface area (Å²) in [4.78, 5) is 11.2. The van der Waals surface area contributed by atoms with Crippen molar-refractivity contribution in [3.63, 3.8) is 0 Å². The van der Waals surface area contributed by atoms with E-state index in [-0.39, 0.29) is 5.01 Å². The Morgan fingerprint density at radius 1 is 1.45 bits per heavy atom. The SMILES string of the molecule is NNC(=O)N(N)c1c(F)ccc(OC(F)(F)F)c1CO. The highest BCUT2D eigenvalue weighted by Gasteiger charge is 2.33. The van der Waals surface area contributed by atoms with Crippen LogP contribution in [0.5, 0.6) is 5.75 Å². The molecule has 0 unspecified atom stereocenters. The standard InChI is InChI=1S/C9H10F4N4O3/c10-5-1-2-6(20-9(11,12)13)4(3-18)7(5)17(15)8(19)16-14/h1-2,18H,3,14-15H2,(H,16,19). The summed E-state index contributed by atoms with van der Waals surface area (Å²) in [5, 5.41) is 9.18. The van der Waals surface area contributed by atoms with Crippen LogP contribution in [0.4, 0.5) is 28.0 Å². The van der Waals surface area contributed by atoms with E-state index in [2.05, 4.69) is 4.74 Å². The number of hydrogen-bond acceptors (Lipinski definition) is 5. The molecule has 0 saturated carbocycles. The molecule has 1 aromatic carbocycles. The van der Waals surface area contributed by atoms with E-state index in [1.807, 2.05) is 0 Å². The van der Waals surface area contributed by atoms with Crippen LogP contribution >= 0.6 is 0 Å². The number of nitrogens with zero attached hydrogens (tertiary/aromatic N) is 1. The van der Waals surface area contributed by atoms with Gasteiger partial charge >= 0.3 is 12.4 Å². The van der Waals surface area contributed by atoms with Gasteiger partial charge in [0.1, 0.15) is 17.3 Å². The molecular formula is C9H10F4N4O3. The first-order valence-corrected chi connectivity index (χ1v) is 4.94. The second-order valence-corrected chi connectivity index (χ2v) is 3.40. The lowest BCUT2D eigenvalue weighted by Gasteiger charge is -2.21. The largest absolute Gasteiger partial charge is 0.573 e. The molecular weight excluding hydrogens is 288 g/mol. The summed E-state index contributed by atoms with van der Waals surface area (Å²) in [6.45, 7) is -1.05. The molecule has 0 aromatic heterocycles. The number of hydrogen-bond donors (Lipinski definition) is 4. The van der Waals surface area contributed by atoms with Gasteiger partial charge in [-0.25, -0.2) is 25.9 Å². The number of rotatable bonds is 3. The maximum Gasteiger partial charge on any atom is 0.573 e. The van der Waals surface area contributed by atoms with E-state index in [0.717, 1.165) is 0 Å². The number of nitrogens with one attached hydrogen (secondary N) is 1. The van der Waals surface area contributed by atoms with E-state index in [4.69, 9.17) is 16.8 Å². The summed E-state index contributed by atoms with van der Waals surface area (Å²) in [5.41, 5.74) is 0.107. The summed E-state index contributed by atoms with van der Waals surface area (Å²) >= 11 is 0. The topological polar surface area (TPSA) is 114 Å². The highest BCUT2D eigenvalue weighted by Crippen LogP contribution is 2.34. The van der Waals surface area contributed by atoms with Crippen molar-refractivity contribution in [1.82, 2.24) is 5.43 Å². The number of carbonyl (C=O) groups is 1. The Morgan fingerprint density at radius 3 is 2.50 bits per heavy atom. The van der Waals surface area contributed by atoms with Gasteiger partial charge in [0.15, 0.2) is 0 Å². The smallest absolute Gasteiger partial charge is 0.405 e. The molecule has 7 nitrogen and oxygen atoms in total. The molecule has 0 aliphatic carbocycles. The first-order chi connectivity index (χ1) is 9.21. The number of benzene rings is 1. The Balaban J connectivity index is 3.35. The Labute approximate surface area is 109 Å². The number of hydrazine groups is 2. The second kappa shape index (κ2) is 5.90. The predicted octanol–water partition coefficient (Wildman–Crippen LogP) is 0.480. The molecule has 0 atom stereocenters. The van der Waals surface area contributed by atoms with E-state index >= 15 is 0 Å². The monoisotopic (exact) mass is 298 g/mol. The van der Waals surface area contributed by atoms with Crippen LogP contribution in [-0.4, -0.2) is 17.5 Å². The molecule has 2 amide bonds. The Bertz CT molecular complexity index is 509. The summed E-state index contributed by atoms with van der Waals surface area (Å²) in [7, 11) is 0. The number of aliphatic hydroxyl groups is 1. The van der Waals surface area contributed by atoms with Crippen LogP contribution in [0.2, 0.25) is 0 Å². The minimum atomic E-state index is -5.06.